The zero-order chi connectivity index (χ0) is 17.0. The predicted octanol–water partition coefficient (Wildman–Crippen LogP) is 5.33. The molecule has 0 saturated heterocycles. The summed E-state index contributed by atoms with van der Waals surface area (Å²) in [6, 6.07) is 28.8. The van der Waals surface area contributed by atoms with E-state index < -0.39 is 0 Å². The van der Waals surface area contributed by atoms with Gasteiger partial charge >= 0.3 is 0 Å². The quantitative estimate of drug-likeness (QED) is 0.632. The minimum Gasteiger partial charge on any atom is -0.380 e. The van der Waals surface area contributed by atoms with Crippen LogP contribution in [0.1, 0.15) is 11.1 Å². The maximum absolute atomic E-state index is 5.16. The zero-order valence-corrected chi connectivity index (χ0v) is 14.3. The van der Waals surface area contributed by atoms with Crippen LogP contribution in [0.2, 0.25) is 0 Å². The standard InChI is InChI=1S/C16H18O2.C6H6/c1-17-11-13-5-3-7-15(9-13)16-8-4-6-14(10-16)12-18-2;1-2-4-6-5-3-1/h3-10H,11-12H2,1-2H3;1-6H. The molecular weight excluding hydrogens is 296 g/mol. The molecule has 124 valence electrons. The van der Waals surface area contributed by atoms with Gasteiger partial charge in [0.05, 0.1) is 13.2 Å². The fourth-order valence-corrected chi connectivity index (χ4v) is 2.40. The average molecular weight is 320 g/mol. The first kappa shape index (κ1) is 17.9. The summed E-state index contributed by atoms with van der Waals surface area (Å²) >= 11 is 0. The van der Waals surface area contributed by atoms with Gasteiger partial charge in [-0.2, -0.15) is 0 Å². The van der Waals surface area contributed by atoms with E-state index in [0.29, 0.717) is 13.2 Å². The Morgan fingerprint density at radius 3 is 1.25 bits per heavy atom. The van der Waals surface area contributed by atoms with Gasteiger partial charge in [0.1, 0.15) is 0 Å². The highest BCUT2D eigenvalue weighted by Gasteiger charge is 2.01. The van der Waals surface area contributed by atoms with E-state index in [-0.39, 0.29) is 0 Å². The molecule has 0 heterocycles. The summed E-state index contributed by atoms with van der Waals surface area (Å²) < 4.78 is 10.3. The number of hydrogen-bond donors (Lipinski definition) is 0. The fourth-order valence-electron chi connectivity index (χ4n) is 2.40. The van der Waals surface area contributed by atoms with E-state index >= 15 is 0 Å². The van der Waals surface area contributed by atoms with Gasteiger partial charge < -0.3 is 9.47 Å². The van der Waals surface area contributed by atoms with Gasteiger partial charge in [0, 0.05) is 14.2 Å². The van der Waals surface area contributed by atoms with Crippen LogP contribution in [0.15, 0.2) is 84.9 Å². The van der Waals surface area contributed by atoms with Crippen LogP contribution in [-0.2, 0) is 22.7 Å². The van der Waals surface area contributed by atoms with Crippen molar-refractivity contribution in [2.24, 2.45) is 0 Å². The Morgan fingerprint density at radius 2 is 0.917 bits per heavy atom. The monoisotopic (exact) mass is 320 g/mol. The zero-order valence-electron chi connectivity index (χ0n) is 14.3. The molecule has 0 fully saturated rings. The number of ether oxygens (including phenoxy) is 2. The Balaban J connectivity index is 0.000000292. The molecule has 0 atom stereocenters. The van der Waals surface area contributed by atoms with E-state index in [1.165, 1.54) is 22.3 Å². The van der Waals surface area contributed by atoms with E-state index in [0.717, 1.165) is 0 Å². The summed E-state index contributed by atoms with van der Waals surface area (Å²) in [6.07, 6.45) is 0. The van der Waals surface area contributed by atoms with Gasteiger partial charge in [-0.15, -0.1) is 0 Å². The molecule has 0 aliphatic rings. The van der Waals surface area contributed by atoms with Crippen molar-refractivity contribution in [2.45, 2.75) is 13.2 Å². The summed E-state index contributed by atoms with van der Waals surface area (Å²) in [7, 11) is 3.43. The maximum atomic E-state index is 5.16. The lowest BCUT2D eigenvalue weighted by Gasteiger charge is -2.07. The molecule has 3 aromatic rings. The highest BCUT2D eigenvalue weighted by Crippen LogP contribution is 2.22. The smallest absolute Gasteiger partial charge is 0.0713 e. The second kappa shape index (κ2) is 10.4. The first-order chi connectivity index (χ1) is 11.8. The number of hydrogen-bond acceptors (Lipinski definition) is 2. The Morgan fingerprint density at radius 1 is 0.542 bits per heavy atom. The van der Waals surface area contributed by atoms with Crippen molar-refractivity contribution >= 4 is 0 Å². The molecule has 0 amide bonds. The lowest BCUT2D eigenvalue weighted by Crippen LogP contribution is -1.90. The molecule has 2 nitrogen and oxygen atoms in total. The fraction of sp³-hybridized carbons (Fsp3) is 0.182. The summed E-state index contributed by atoms with van der Waals surface area (Å²) in [5.74, 6) is 0. The minimum absolute atomic E-state index is 0.644. The molecule has 2 heteroatoms. The van der Waals surface area contributed by atoms with Crippen LogP contribution in [0.3, 0.4) is 0 Å². The van der Waals surface area contributed by atoms with E-state index in [2.05, 4.69) is 48.5 Å². The number of rotatable bonds is 5. The van der Waals surface area contributed by atoms with E-state index in [9.17, 15) is 0 Å². The van der Waals surface area contributed by atoms with Crippen LogP contribution < -0.4 is 0 Å². The lowest BCUT2D eigenvalue weighted by atomic mass is 10.0. The molecule has 0 saturated carbocycles. The highest BCUT2D eigenvalue weighted by molar-refractivity contribution is 5.64. The van der Waals surface area contributed by atoms with Gasteiger partial charge in [0.25, 0.3) is 0 Å². The number of benzene rings is 3. The molecule has 0 aliphatic heterocycles. The topological polar surface area (TPSA) is 18.5 Å². The van der Waals surface area contributed by atoms with Crippen molar-refractivity contribution in [3.05, 3.63) is 96.1 Å². The van der Waals surface area contributed by atoms with Crippen LogP contribution in [-0.4, -0.2) is 14.2 Å². The van der Waals surface area contributed by atoms with Crippen molar-refractivity contribution in [2.75, 3.05) is 14.2 Å². The molecule has 0 N–H and O–H groups in total. The van der Waals surface area contributed by atoms with Gasteiger partial charge in [-0.25, -0.2) is 0 Å². The van der Waals surface area contributed by atoms with Crippen molar-refractivity contribution in [3.63, 3.8) is 0 Å². The normalized spacial score (nSPS) is 9.92. The van der Waals surface area contributed by atoms with Gasteiger partial charge in [0.2, 0.25) is 0 Å². The van der Waals surface area contributed by atoms with Crippen molar-refractivity contribution in [1.82, 2.24) is 0 Å². The van der Waals surface area contributed by atoms with Gasteiger partial charge in [-0.3, -0.25) is 0 Å². The molecule has 0 spiro atoms. The third-order valence-corrected chi connectivity index (χ3v) is 3.48. The summed E-state index contributed by atoms with van der Waals surface area (Å²) in [5.41, 5.74) is 4.80. The molecule has 3 aromatic carbocycles. The minimum atomic E-state index is 0.644. The first-order valence-corrected chi connectivity index (χ1v) is 7.99. The molecule has 0 bridgehead atoms. The van der Waals surface area contributed by atoms with Crippen molar-refractivity contribution in [3.8, 4) is 11.1 Å². The summed E-state index contributed by atoms with van der Waals surface area (Å²) in [6.45, 7) is 1.29. The average Bonchev–Trinajstić information content (AvgIpc) is 2.65. The largest absolute Gasteiger partial charge is 0.380 e. The maximum Gasteiger partial charge on any atom is 0.0713 e. The summed E-state index contributed by atoms with van der Waals surface area (Å²) in [5, 5.41) is 0. The van der Waals surface area contributed by atoms with Crippen molar-refractivity contribution in [1.29, 1.82) is 0 Å². The van der Waals surface area contributed by atoms with E-state index in [1.807, 2.05) is 36.4 Å². The second-order valence-electron chi connectivity index (χ2n) is 5.42. The van der Waals surface area contributed by atoms with Gasteiger partial charge in [-0.1, -0.05) is 72.8 Å². The predicted molar refractivity (Wildman–Crippen MR) is 99.7 cm³/mol. The molecule has 0 aromatic heterocycles. The van der Waals surface area contributed by atoms with Crippen LogP contribution in [0.4, 0.5) is 0 Å². The Hall–Kier alpha value is -2.42. The highest BCUT2D eigenvalue weighted by atomic mass is 16.5. The van der Waals surface area contributed by atoms with Crippen molar-refractivity contribution < 1.29 is 9.47 Å². The number of methoxy groups -OCH3 is 2. The summed E-state index contributed by atoms with van der Waals surface area (Å²) in [4.78, 5) is 0. The van der Waals surface area contributed by atoms with Gasteiger partial charge in [-0.05, 0) is 34.4 Å². The van der Waals surface area contributed by atoms with Gasteiger partial charge in [0.15, 0.2) is 0 Å². The van der Waals surface area contributed by atoms with Crippen LogP contribution >= 0.6 is 0 Å². The van der Waals surface area contributed by atoms with Crippen LogP contribution in [0.25, 0.3) is 11.1 Å². The Bertz CT molecular complexity index is 634. The third-order valence-electron chi connectivity index (χ3n) is 3.48. The molecule has 0 radical (unpaired) electrons. The Kier molecular flexibility index (Phi) is 7.75. The second-order valence-corrected chi connectivity index (χ2v) is 5.42. The lowest BCUT2D eigenvalue weighted by molar-refractivity contribution is 0.185. The molecular formula is C22H24O2. The third kappa shape index (κ3) is 5.99. The SMILES string of the molecule is COCc1cccc(-c2cccc(COC)c2)c1.c1ccccc1. The molecule has 24 heavy (non-hydrogen) atoms. The molecule has 0 aliphatic carbocycles. The first-order valence-electron chi connectivity index (χ1n) is 7.99. The van der Waals surface area contributed by atoms with E-state index in [1.54, 1.807) is 14.2 Å². The van der Waals surface area contributed by atoms with Crippen LogP contribution in [0.5, 0.6) is 0 Å². The van der Waals surface area contributed by atoms with E-state index in [4.69, 9.17) is 9.47 Å². The van der Waals surface area contributed by atoms with Crippen LogP contribution in [0, 0.1) is 0 Å². The Labute approximate surface area is 144 Å². The molecule has 3 rings (SSSR count). The molecule has 0 unspecified atom stereocenters.